The Bertz CT molecular complexity index is 741. The minimum Gasteiger partial charge on any atom is -0.465 e. The fraction of sp³-hybridized carbons (Fsp3) is 0.467. The van der Waals surface area contributed by atoms with Gasteiger partial charge in [-0.05, 0) is 31.2 Å². The van der Waals surface area contributed by atoms with Crippen LogP contribution in [0.25, 0.3) is 0 Å². The molecule has 0 radical (unpaired) electrons. The number of aliphatic imine (C=N–C) groups is 1. The van der Waals surface area contributed by atoms with Crippen LogP contribution in [0.15, 0.2) is 4.99 Å². The molecule has 1 aliphatic carbocycles. The molecular formula is C15H17N3O4S2. The second-order valence-electron chi connectivity index (χ2n) is 5.55. The van der Waals surface area contributed by atoms with Crippen molar-refractivity contribution in [2.45, 2.75) is 37.4 Å². The van der Waals surface area contributed by atoms with Crippen LogP contribution in [0.4, 0.5) is 5.00 Å². The van der Waals surface area contributed by atoms with Crippen LogP contribution < -0.4 is 11.1 Å². The Morgan fingerprint density at radius 3 is 2.79 bits per heavy atom. The number of amidine groups is 1. The third-order valence-electron chi connectivity index (χ3n) is 3.94. The van der Waals surface area contributed by atoms with E-state index in [-0.39, 0.29) is 17.5 Å². The first-order valence-electron chi connectivity index (χ1n) is 7.57. The predicted octanol–water partition coefficient (Wildman–Crippen LogP) is 1.70. The highest BCUT2D eigenvalue weighted by molar-refractivity contribution is 8.15. The van der Waals surface area contributed by atoms with Gasteiger partial charge in [0.2, 0.25) is 5.91 Å². The van der Waals surface area contributed by atoms with Crippen LogP contribution in [0.5, 0.6) is 0 Å². The summed E-state index contributed by atoms with van der Waals surface area (Å²) in [6.45, 7) is 0. The number of hydrogen-bond donors (Lipinski definition) is 2. The van der Waals surface area contributed by atoms with E-state index < -0.39 is 17.1 Å². The van der Waals surface area contributed by atoms with Crippen LogP contribution in [0, 0.1) is 0 Å². The van der Waals surface area contributed by atoms with Crippen molar-refractivity contribution in [2.75, 3.05) is 12.4 Å². The zero-order chi connectivity index (χ0) is 17.3. The van der Waals surface area contributed by atoms with Gasteiger partial charge in [-0.15, -0.1) is 11.3 Å². The lowest BCUT2D eigenvalue weighted by atomic mass is 9.95. The van der Waals surface area contributed by atoms with Gasteiger partial charge >= 0.3 is 5.97 Å². The van der Waals surface area contributed by atoms with Gasteiger partial charge < -0.3 is 15.8 Å². The molecule has 0 bridgehead atoms. The van der Waals surface area contributed by atoms with Gasteiger partial charge in [0.25, 0.3) is 5.91 Å². The topological polar surface area (TPSA) is 111 Å². The van der Waals surface area contributed by atoms with Crippen molar-refractivity contribution < 1.29 is 19.1 Å². The molecule has 2 heterocycles. The molecule has 9 heteroatoms. The molecule has 0 aromatic carbocycles. The Morgan fingerprint density at radius 2 is 2.12 bits per heavy atom. The second-order valence-corrected chi connectivity index (χ2v) is 7.88. The Kier molecular flexibility index (Phi) is 4.91. The molecule has 1 aromatic rings. The molecule has 1 aliphatic heterocycles. The number of amides is 2. The molecule has 0 spiro atoms. The van der Waals surface area contributed by atoms with Crippen LogP contribution in [-0.4, -0.2) is 35.3 Å². The van der Waals surface area contributed by atoms with Gasteiger partial charge in [0.05, 0.1) is 12.7 Å². The molecule has 7 nitrogen and oxygen atoms in total. The summed E-state index contributed by atoms with van der Waals surface area (Å²) >= 11 is 2.50. The first-order valence-corrected chi connectivity index (χ1v) is 9.26. The zero-order valence-electron chi connectivity index (χ0n) is 13.1. The van der Waals surface area contributed by atoms with E-state index in [1.54, 1.807) is 0 Å². The van der Waals surface area contributed by atoms with E-state index in [9.17, 15) is 14.4 Å². The fourth-order valence-corrected chi connectivity index (χ4v) is 4.97. The number of aryl methyl sites for hydroxylation is 1. The number of anilines is 1. The molecular weight excluding hydrogens is 350 g/mol. The van der Waals surface area contributed by atoms with Crippen molar-refractivity contribution in [3.63, 3.8) is 0 Å². The van der Waals surface area contributed by atoms with Crippen LogP contribution in [0.1, 0.15) is 40.1 Å². The summed E-state index contributed by atoms with van der Waals surface area (Å²) in [6.07, 6.45) is 3.78. The lowest BCUT2D eigenvalue weighted by molar-refractivity contribution is -0.121. The zero-order valence-corrected chi connectivity index (χ0v) is 14.7. The van der Waals surface area contributed by atoms with Gasteiger partial charge in [-0.3, -0.25) is 9.59 Å². The van der Waals surface area contributed by atoms with Gasteiger partial charge in [-0.2, -0.15) is 4.99 Å². The normalized spacial score (nSPS) is 19.6. The number of carbonyl (C=O) groups excluding carboxylic acids is 3. The van der Waals surface area contributed by atoms with E-state index in [0.717, 1.165) is 47.9 Å². The summed E-state index contributed by atoms with van der Waals surface area (Å²) < 4.78 is 4.87. The molecule has 3 N–H and O–H groups in total. The Morgan fingerprint density at radius 1 is 1.38 bits per heavy atom. The highest BCUT2D eigenvalue weighted by Gasteiger charge is 2.31. The summed E-state index contributed by atoms with van der Waals surface area (Å²) in [7, 11) is 1.33. The summed E-state index contributed by atoms with van der Waals surface area (Å²) in [5.74, 6) is -1.18. The van der Waals surface area contributed by atoms with Gasteiger partial charge in [0.1, 0.15) is 10.3 Å². The Labute approximate surface area is 147 Å². The Hall–Kier alpha value is -1.87. The van der Waals surface area contributed by atoms with E-state index in [1.807, 2.05) is 0 Å². The number of esters is 1. The molecule has 24 heavy (non-hydrogen) atoms. The monoisotopic (exact) mass is 367 g/mol. The minimum atomic E-state index is -0.596. The molecule has 1 aromatic heterocycles. The lowest BCUT2D eigenvalue weighted by Gasteiger charge is -2.12. The van der Waals surface area contributed by atoms with Crippen molar-refractivity contribution in [3.05, 3.63) is 16.0 Å². The van der Waals surface area contributed by atoms with Crippen molar-refractivity contribution in [3.8, 4) is 0 Å². The summed E-state index contributed by atoms with van der Waals surface area (Å²) in [4.78, 5) is 40.8. The second kappa shape index (κ2) is 6.94. The lowest BCUT2D eigenvalue weighted by Crippen LogP contribution is -2.22. The average molecular weight is 367 g/mol. The number of fused-ring (bicyclic) bond motifs is 1. The molecule has 1 atom stereocenters. The molecule has 0 saturated heterocycles. The number of carbonyl (C=O) groups is 3. The molecule has 128 valence electrons. The average Bonchev–Trinajstić information content (AvgIpc) is 3.05. The number of nitrogens with two attached hydrogens (primary N) is 1. The van der Waals surface area contributed by atoms with Gasteiger partial charge in [-0.1, -0.05) is 11.8 Å². The van der Waals surface area contributed by atoms with Crippen LogP contribution in [0.2, 0.25) is 0 Å². The van der Waals surface area contributed by atoms with Gasteiger partial charge in [0, 0.05) is 11.3 Å². The van der Waals surface area contributed by atoms with Crippen molar-refractivity contribution in [2.24, 2.45) is 10.7 Å². The summed E-state index contributed by atoms with van der Waals surface area (Å²) in [5, 5.41) is 2.85. The maximum atomic E-state index is 12.3. The molecule has 0 fully saturated rings. The van der Waals surface area contributed by atoms with E-state index in [4.69, 9.17) is 10.5 Å². The van der Waals surface area contributed by atoms with E-state index >= 15 is 0 Å². The van der Waals surface area contributed by atoms with Gasteiger partial charge in [-0.25, -0.2) is 4.79 Å². The SMILES string of the molecule is COC(=O)c1c(NC(=O)C[C@@H]2SC(N)=NC2=O)sc2c1CCCC2. The van der Waals surface area contributed by atoms with Crippen LogP contribution in [0.3, 0.4) is 0 Å². The number of methoxy groups -OCH3 is 1. The predicted molar refractivity (Wildman–Crippen MR) is 93.6 cm³/mol. The largest absolute Gasteiger partial charge is 0.465 e. The quantitative estimate of drug-likeness (QED) is 0.784. The number of hydrogen-bond acceptors (Lipinski definition) is 7. The number of nitrogens with zero attached hydrogens (tertiary/aromatic N) is 1. The minimum absolute atomic E-state index is 0.0309. The first-order chi connectivity index (χ1) is 11.5. The fourth-order valence-electron chi connectivity index (χ4n) is 2.85. The van der Waals surface area contributed by atoms with Crippen LogP contribution in [-0.2, 0) is 27.2 Å². The van der Waals surface area contributed by atoms with Crippen molar-refractivity contribution >= 4 is 51.1 Å². The Balaban J connectivity index is 1.77. The smallest absolute Gasteiger partial charge is 0.341 e. The molecule has 0 saturated carbocycles. The molecule has 2 aliphatic rings. The first kappa shape index (κ1) is 17.0. The maximum Gasteiger partial charge on any atom is 0.341 e. The highest BCUT2D eigenvalue weighted by Crippen LogP contribution is 2.38. The molecule has 0 unspecified atom stereocenters. The van der Waals surface area contributed by atoms with Crippen LogP contribution >= 0.6 is 23.1 Å². The number of nitrogens with one attached hydrogen (secondary N) is 1. The van der Waals surface area contributed by atoms with Crippen molar-refractivity contribution in [1.82, 2.24) is 0 Å². The van der Waals surface area contributed by atoms with E-state index in [0.29, 0.717) is 10.6 Å². The molecule has 3 rings (SSSR count). The number of rotatable bonds is 4. The standard InChI is InChI=1S/C15H17N3O4S2/c1-22-14(21)11-7-4-2-3-5-8(7)23-13(11)17-10(19)6-9-12(20)18-15(16)24-9/h9H,2-6H2,1H3,(H,17,19)(H2,16,18,20)/t9-/m0/s1. The van der Waals surface area contributed by atoms with Gasteiger partial charge in [0.15, 0.2) is 5.17 Å². The summed E-state index contributed by atoms with van der Waals surface area (Å²) in [6, 6.07) is 0. The number of thiophene rings is 1. The third-order valence-corrected chi connectivity index (χ3v) is 6.14. The van der Waals surface area contributed by atoms with Crippen molar-refractivity contribution in [1.29, 1.82) is 0 Å². The summed E-state index contributed by atoms with van der Waals surface area (Å²) in [5.41, 5.74) is 6.92. The maximum absolute atomic E-state index is 12.3. The van der Waals surface area contributed by atoms with E-state index in [2.05, 4.69) is 10.3 Å². The van der Waals surface area contributed by atoms with E-state index in [1.165, 1.54) is 18.4 Å². The highest BCUT2D eigenvalue weighted by atomic mass is 32.2. The molecule has 2 amide bonds. The number of ether oxygens (including phenoxy) is 1. The third kappa shape index (κ3) is 3.32. The number of thioether (sulfide) groups is 1.